The topological polar surface area (TPSA) is 95.9 Å². The molecule has 0 saturated carbocycles. The van der Waals surface area contributed by atoms with E-state index in [0.29, 0.717) is 5.56 Å². The molecule has 0 aromatic heterocycles. The first-order valence-corrected chi connectivity index (χ1v) is 9.38. The van der Waals surface area contributed by atoms with E-state index in [2.05, 4.69) is 5.32 Å². The van der Waals surface area contributed by atoms with Crippen molar-refractivity contribution >= 4 is 64.4 Å². The molecule has 0 bridgehead atoms. The van der Waals surface area contributed by atoms with Gasteiger partial charge in [0.1, 0.15) is 5.57 Å². The van der Waals surface area contributed by atoms with E-state index >= 15 is 0 Å². The highest BCUT2D eigenvalue weighted by Gasteiger charge is 2.37. The van der Waals surface area contributed by atoms with Gasteiger partial charge < -0.3 is 9.84 Å². The number of anilines is 1. The second kappa shape index (κ2) is 8.32. The van der Waals surface area contributed by atoms with Gasteiger partial charge in [-0.1, -0.05) is 34.8 Å². The maximum absolute atomic E-state index is 12.9. The van der Waals surface area contributed by atoms with E-state index in [-0.39, 0.29) is 44.4 Å². The maximum Gasteiger partial charge on any atom is 0.335 e. The summed E-state index contributed by atoms with van der Waals surface area (Å²) in [5.41, 5.74) is 0.136. The Hall–Kier alpha value is -2.74. The number of hydrogen-bond donors (Lipinski definition) is 2. The van der Waals surface area contributed by atoms with E-state index in [9.17, 15) is 19.5 Å². The summed E-state index contributed by atoms with van der Waals surface area (Å²) in [5, 5.41) is 12.4. The summed E-state index contributed by atoms with van der Waals surface area (Å²) in [4.78, 5) is 38.2. The van der Waals surface area contributed by atoms with Crippen LogP contribution in [-0.4, -0.2) is 29.6 Å². The molecule has 4 amide bonds. The number of carbonyl (C=O) groups is 3. The van der Waals surface area contributed by atoms with Crippen molar-refractivity contribution in [1.82, 2.24) is 5.32 Å². The average Bonchev–Trinajstić information content (AvgIpc) is 2.65. The Bertz CT molecular complexity index is 1070. The molecular formula is C19H13Cl3N2O5. The Balaban J connectivity index is 2.05. The van der Waals surface area contributed by atoms with Crippen LogP contribution in [0.2, 0.25) is 15.1 Å². The van der Waals surface area contributed by atoms with Crippen LogP contribution in [0.25, 0.3) is 6.08 Å². The predicted molar refractivity (Wildman–Crippen MR) is 110 cm³/mol. The van der Waals surface area contributed by atoms with E-state index in [4.69, 9.17) is 39.5 Å². The molecule has 0 atom stereocenters. The number of phenolic OH excluding ortho intramolecular Hbond substituents is 1. The molecule has 1 heterocycles. The number of ether oxygens (including phenoxy) is 1. The SMILES string of the molecule is CCOc1cc(C=C2C(=O)NC(=O)N(c3ccc(Cl)c(Cl)c3)C2=O)cc(Cl)c1O. The number of nitrogens with zero attached hydrogens (tertiary/aromatic N) is 1. The minimum atomic E-state index is -0.922. The molecule has 7 nitrogen and oxygen atoms in total. The van der Waals surface area contributed by atoms with Crippen LogP contribution in [0, 0.1) is 0 Å². The normalized spacial score (nSPS) is 15.7. The highest BCUT2D eigenvalue weighted by Crippen LogP contribution is 2.36. The van der Waals surface area contributed by atoms with Gasteiger partial charge in [0.05, 0.1) is 27.4 Å². The summed E-state index contributed by atoms with van der Waals surface area (Å²) in [6.07, 6.45) is 1.24. The molecule has 29 heavy (non-hydrogen) atoms. The molecule has 2 aromatic rings. The van der Waals surface area contributed by atoms with E-state index in [1.807, 2.05) is 0 Å². The largest absolute Gasteiger partial charge is 0.503 e. The molecule has 1 aliphatic rings. The number of imide groups is 2. The van der Waals surface area contributed by atoms with Crippen LogP contribution < -0.4 is 15.0 Å². The number of amides is 4. The summed E-state index contributed by atoms with van der Waals surface area (Å²) < 4.78 is 5.29. The number of aromatic hydroxyl groups is 1. The summed E-state index contributed by atoms with van der Waals surface area (Å²) in [5.74, 6) is -1.91. The van der Waals surface area contributed by atoms with Crippen molar-refractivity contribution in [3.63, 3.8) is 0 Å². The molecule has 10 heteroatoms. The van der Waals surface area contributed by atoms with Crippen molar-refractivity contribution in [2.24, 2.45) is 0 Å². The molecule has 0 aliphatic carbocycles. The van der Waals surface area contributed by atoms with Crippen molar-refractivity contribution in [2.75, 3.05) is 11.5 Å². The molecule has 3 rings (SSSR count). The molecular weight excluding hydrogens is 443 g/mol. The lowest BCUT2D eigenvalue weighted by atomic mass is 10.1. The Morgan fingerprint density at radius 3 is 2.45 bits per heavy atom. The molecule has 2 N–H and O–H groups in total. The smallest absolute Gasteiger partial charge is 0.335 e. The molecule has 2 aromatic carbocycles. The first kappa shape index (κ1) is 21.0. The molecule has 150 valence electrons. The standard InChI is InChI=1S/C19H13Cl3N2O5/c1-2-29-15-7-9(6-14(22)16(15)25)5-11-17(26)23-19(28)24(18(11)27)10-3-4-12(20)13(21)8-10/h3-8,25H,2H2,1H3,(H,23,26,28). The van der Waals surface area contributed by atoms with Crippen LogP contribution in [0.1, 0.15) is 12.5 Å². The van der Waals surface area contributed by atoms with Crippen molar-refractivity contribution in [2.45, 2.75) is 6.92 Å². The van der Waals surface area contributed by atoms with Crippen molar-refractivity contribution in [3.05, 3.63) is 56.5 Å². The maximum atomic E-state index is 12.9. The summed E-state index contributed by atoms with van der Waals surface area (Å²) in [7, 11) is 0. The van der Waals surface area contributed by atoms with Gasteiger partial charge in [-0.15, -0.1) is 0 Å². The fourth-order valence-corrected chi connectivity index (χ4v) is 3.14. The zero-order valence-corrected chi connectivity index (χ0v) is 17.1. The van der Waals surface area contributed by atoms with Crippen LogP contribution in [0.3, 0.4) is 0 Å². The third-order valence-electron chi connectivity index (χ3n) is 3.92. The highest BCUT2D eigenvalue weighted by molar-refractivity contribution is 6.43. The van der Waals surface area contributed by atoms with Crippen molar-refractivity contribution in [1.29, 1.82) is 0 Å². The number of phenols is 1. The molecule has 0 spiro atoms. The van der Waals surface area contributed by atoms with E-state index in [0.717, 1.165) is 4.90 Å². The lowest BCUT2D eigenvalue weighted by molar-refractivity contribution is -0.122. The van der Waals surface area contributed by atoms with Crippen LogP contribution in [0.15, 0.2) is 35.9 Å². The lowest BCUT2D eigenvalue weighted by Crippen LogP contribution is -2.54. The summed E-state index contributed by atoms with van der Waals surface area (Å²) >= 11 is 17.8. The number of rotatable bonds is 4. The fraction of sp³-hybridized carbons (Fsp3) is 0.105. The van der Waals surface area contributed by atoms with Crippen LogP contribution in [-0.2, 0) is 9.59 Å². The average molecular weight is 456 g/mol. The van der Waals surface area contributed by atoms with Gasteiger partial charge in [-0.25, -0.2) is 9.69 Å². The molecule has 1 aliphatic heterocycles. The first-order valence-electron chi connectivity index (χ1n) is 8.24. The number of nitrogens with one attached hydrogen (secondary N) is 1. The van der Waals surface area contributed by atoms with Gasteiger partial charge in [0, 0.05) is 0 Å². The lowest BCUT2D eigenvalue weighted by Gasteiger charge is -2.26. The van der Waals surface area contributed by atoms with E-state index in [1.54, 1.807) is 6.92 Å². The van der Waals surface area contributed by atoms with Gasteiger partial charge in [-0.3, -0.25) is 14.9 Å². The number of hydrogen-bond acceptors (Lipinski definition) is 5. The summed E-state index contributed by atoms with van der Waals surface area (Å²) in [6.45, 7) is 1.99. The van der Waals surface area contributed by atoms with Gasteiger partial charge in [-0.05, 0) is 48.9 Å². The van der Waals surface area contributed by atoms with E-state index < -0.39 is 17.8 Å². The van der Waals surface area contributed by atoms with Crippen molar-refractivity contribution in [3.8, 4) is 11.5 Å². The number of carbonyl (C=O) groups excluding carboxylic acids is 3. The minimum Gasteiger partial charge on any atom is -0.503 e. The second-order valence-electron chi connectivity index (χ2n) is 5.84. The number of barbiturate groups is 1. The van der Waals surface area contributed by atoms with Crippen LogP contribution in [0.5, 0.6) is 11.5 Å². The quantitative estimate of drug-likeness (QED) is 0.526. The fourth-order valence-electron chi connectivity index (χ4n) is 2.63. The van der Waals surface area contributed by atoms with Gasteiger partial charge in [0.2, 0.25) is 0 Å². The Kier molecular flexibility index (Phi) is 6.02. The zero-order valence-electron chi connectivity index (χ0n) is 14.8. The zero-order chi connectivity index (χ0) is 21.3. The Morgan fingerprint density at radius 2 is 1.79 bits per heavy atom. The van der Waals surface area contributed by atoms with Gasteiger partial charge in [0.15, 0.2) is 11.5 Å². The number of halogens is 3. The molecule has 1 fully saturated rings. The third kappa shape index (κ3) is 4.17. The van der Waals surface area contributed by atoms with Crippen LogP contribution in [0.4, 0.5) is 10.5 Å². The number of benzene rings is 2. The minimum absolute atomic E-state index is 0.0242. The molecule has 0 radical (unpaired) electrons. The van der Waals surface area contributed by atoms with Gasteiger partial charge in [0.25, 0.3) is 11.8 Å². The van der Waals surface area contributed by atoms with Gasteiger partial charge >= 0.3 is 6.03 Å². The summed E-state index contributed by atoms with van der Waals surface area (Å²) in [6, 6.07) is 6.02. The number of urea groups is 1. The second-order valence-corrected chi connectivity index (χ2v) is 7.06. The predicted octanol–water partition coefficient (Wildman–Crippen LogP) is 4.42. The van der Waals surface area contributed by atoms with Crippen molar-refractivity contribution < 1.29 is 24.2 Å². The third-order valence-corrected chi connectivity index (χ3v) is 4.95. The Morgan fingerprint density at radius 1 is 1.07 bits per heavy atom. The van der Waals surface area contributed by atoms with Gasteiger partial charge in [-0.2, -0.15) is 0 Å². The molecule has 1 saturated heterocycles. The van der Waals surface area contributed by atoms with Crippen LogP contribution >= 0.6 is 34.8 Å². The first-order chi connectivity index (χ1) is 13.7. The highest BCUT2D eigenvalue weighted by atomic mass is 35.5. The van der Waals surface area contributed by atoms with E-state index in [1.165, 1.54) is 36.4 Å². The monoisotopic (exact) mass is 454 g/mol. The Labute approximate surface area is 180 Å². The molecule has 0 unspecified atom stereocenters.